The van der Waals surface area contributed by atoms with Gasteiger partial charge in [0.25, 0.3) is 5.91 Å². The van der Waals surface area contributed by atoms with E-state index in [1.807, 2.05) is 6.92 Å². The second-order valence-corrected chi connectivity index (χ2v) is 5.54. The topological polar surface area (TPSA) is 50.4 Å². The zero-order valence-corrected chi connectivity index (χ0v) is 13.0. The number of carbonyl (C=O) groups excluding carboxylic acids is 1. The van der Waals surface area contributed by atoms with Crippen LogP contribution < -0.4 is 10.6 Å². The third kappa shape index (κ3) is 4.94. The average molecular weight is 330 g/mol. The van der Waals surface area contributed by atoms with E-state index < -0.39 is 23.9 Å². The van der Waals surface area contributed by atoms with Crippen LogP contribution in [-0.2, 0) is 15.7 Å². The minimum Gasteiger partial charge on any atom is -0.366 e. The van der Waals surface area contributed by atoms with E-state index >= 15 is 0 Å². The lowest BCUT2D eigenvalue weighted by Crippen LogP contribution is -2.48. The highest BCUT2D eigenvalue weighted by atomic mass is 19.4. The Kier molecular flexibility index (Phi) is 6.01. The molecule has 0 aliphatic carbocycles. The van der Waals surface area contributed by atoms with Crippen LogP contribution in [-0.4, -0.2) is 31.7 Å². The second kappa shape index (κ2) is 7.79. The van der Waals surface area contributed by atoms with Crippen molar-refractivity contribution in [2.75, 3.05) is 19.7 Å². The van der Waals surface area contributed by atoms with Crippen molar-refractivity contribution in [2.45, 2.75) is 38.1 Å². The molecule has 4 nitrogen and oxygen atoms in total. The van der Waals surface area contributed by atoms with Crippen molar-refractivity contribution >= 4 is 5.91 Å². The molecular formula is C16H21F3N2O2. The van der Waals surface area contributed by atoms with Crippen LogP contribution in [0.2, 0.25) is 0 Å². The van der Waals surface area contributed by atoms with E-state index in [0.29, 0.717) is 31.7 Å². The van der Waals surface area contributed by atoms with Gasteiger partial charge in [-0.2, -0.15) is 13.2 Å². The SMILES string of the molecule is CCC[C@H](NC(=O)[C@@H]1CNCCO1)c1cccc(C(F)(F)F)c1. The first-order valence-corrected chi connectivity index (χ1v) is 7.71. The summed E-state index contributed by atoms with van der Waals surface area (Å²) in [5, 5.41) is 5.87. The third-order valence-electron chi connectivity index (χ3n) is 3.73. The molecule has 0 saturated carbocycles. The molecule has 0 radical (unpaired) electrons. The van der Waals surface area contributed by atoms with Crippen LogP contribution in [0.4, 0.5) is 13.2 Å². The molecule has 0 unspecified atom stereocenters. The van der Waals surface area contributed by atoms with Crippen LogP contribution in [0.15, 0.2) is 24.3 Å². The number of hydrogen-bond acceptors (Lipinski definition) is 3. The molecular weight excluding hydrogens is 309 g/mol. The number of nitrogens with one attached hydrogen (secondary N) is 2. The van der Waals surface area contributed by atoms with Gasteiger partial charge in [0.2, 0.25) is 0 Å². The molecule has 1 saturated heterocycles. The molecule has 1 amide bonds. The maximum Gasteiger partial charge on any atom is 0.416 e. The number of halogens is 3. The maximum atomic E-state index is 12.9. The first-order valence-electron chi connectivity index (χ1n) is 7.71. The van der Waals surface area contributed by atoms with Gasteiger partial charge in [0, 0.05) is 13.1 Å². The molecule has 1 aliphatic heterocycles. The summed E-state index contributed by atoms with van der Waals surface area (Å²) in [6.45, 7) is 3.47. The van der Waals surface area contributed by atoms with Crippen molar-refractivity contribution in [3.63, 3.8) is 0 Å². The van der Waals surface area contributed by atoms with Crippen molar-refractivity contribution in [3.8, 4) is 0 Å². The fraction of sp³-hybridized carbons (Fsp3) is 0.562. The van der Waals surface area contributed by atoms with Gasteiger partial charge in [-0.1, -0.05) is 25.5 Å². The lowest BCUT2D eigenvalue weighted by Gasteiger charge is -2.26. The molecule has 0 bridgehead atoms. The van der Waals surface area contributed by atoms with E-state index in [1.165, 1.54) is 6.07 Å². The molecule has 23 heavy (non-hydrogen) atoms. The molecule has 1 aromatic rings. The molecule has 1 heterocycles. The van der Waals surface area contributed by atoms with E-state index in [0.717, 1.165) is 18.6 Å². The van der Waals surface area contributed by atoms with Gasteiger partial charge in [-0.05, 0) is 24.1 Å². The van der Waals surface area contributed by atoms with Gasteiger partial charge in [0.1, 0.15) is 6.10 Å². The van der Waals surface area contributed by atoms with Crippen molar-refractivity contribution < 1.29 is 22.7 Å². The van der Waals surface area contributed by atoms with E-state index in [4.69, 9.17) is 4.74 Å². The van der Waals surface area contributed by atoms with Crippen LogP contribution >= 0.6 is 0 Å². The number of ether oxygens (including phenoxy) is 1. The summed E-state index contributed by atoms with van der Waals surface area (Å²) < 4.78 is 43.9. The number of benzene rings is 1. The number of rotatable bonds is 5. The largest absolute Gasteiger partial charge is 0.416 e. The van der Waals surface area contributed by atoms with Gasteiger partial charge < -0.3 is 15.4 Å². The maximum absolute atomic E-state index is 12.9. The van der Waals surface area contributed by atoms with Gasteiger partial charge in [-0.3, -0.25) is 4.79 Å². The molecule has 1 aliphatic rings. The molecule has 2 N–H and O–H groups in total. The van der Waals surface area contributed by atoms with Crippen LogP contribution in [0.5, 0.6) is 0 Å². The fourth-order valence-corrected chi connectivity index (χ4v) is 2.54. The summed E-state index contributed by atoms with van der Waals surface area (Å²) in [5.74, 6) is -0.298. The Hall–Kier alpha value is -1.60. The summed E-state index contributed by atoms with van der Waals surface area (Å²) in [4.78, 5) is 12.2. The summed E-state index contributed by atoms with van der Waals surface area (Å²) in [5.41, 5.74) is -0.250. The Morgan fingerprint density at radius 2 is 2.26 bits per heavy atom. The lowest BCUT2D eigenvalue weighted by atomic mass is 9.99. The van der Waals surface area contributed by atoms with Gasteiger partial charge in [-0.25, -0.2) is 0 Å². The molecule has 1 aromatic carbocycles. The van der Waals surface area contributed by atoms with Crippen LogP contribution in [0.1, 0.15) is 36.9 Å². The van der Waals surface area contributed by atoms with Crippen molar-refractivity contribution in [1.29, 1.82) is 0 Å². The number of hydrogen-bond donors (Lipinski definition) is 2. The van der Waals surface area contributed by atoms with Crippen molar-refractivity contribution in [1.82, 2.24) is 10.6 Å². The normalized spacial score (nSPS) is 20.1. The smallest absolute Gasteiger partial charge is 0.366 e. The van der Waals surface area contributed by atoms with Gasteiger partial charge in [0.05, 0.1) is 18.2 Å². The quantitative estimate of drug-likeness (QED) is 0.873. The predicted molar refractivity (Wildman–Crippen MR) is 79.8 cm³/mol. The standard InChI is InChI=1S/C16H21F3N2O2/c1-2-4-13(21-15(22)14-10-20-7-8-23-14)11-5-3-6-12(9-11)16(17,18)19/h3,5-6,9,13-14,20H,2,4,7-8,10H2,1H3,(H,21,22)/t13-,14-/m0/s1. The zero-order valence-electron chi connectivity index (χ0n) is 13.0. The molecule has 7 heteroatoms. The first kappa shape index (κ1) is 17.7. The summed E-state index contributed by atoms with van der Waals surface area (Å²) in [6.07, 6.45) is -3.69. The number of morpholine rings is 1. The van der Waals surface area contributed by atoms with Gasteiger partial charge in [0.15, 0.2) is 0 Å². The van der Waals surface area contributed by atoms with E-state index in [1.54, 1.807) is 6.07 Å². The third-order valence-corrected chi connectivity index (χ3v) is 3.73. The minimum atomic E-state index is -4.40. The van der Waals surface area contributed by atoms with Crippen molar-refractivity contribution in [2.24, 2.45) is 0 Å². The lowest BCUT2D eigenvalue weighted by molar-refractivity contribution is -0.137. The highest BCUT2D eigenvalue weighted by molar-refractivity contribution is 5.81. The zero-order chi connectivity index (χ0) is 16.9. The molecule has 0 spiro atoms. The van der Waals surface area contributed by atoms with Crippen LogP contribution in [0, 0.1) is 0 Å². The molecule has 2 rings (SSSR count). The predicted octanol–water partition coefficient (Wildman–Crippen LogP) is 2.65. The number of alkyl halides is 3. The van der Waals surface area contributed by atoms with Crippen molar-refractivity contribution in [3.05, 3.63) is 35.4 Å². The van der Waals surface area contributed by atoms with Crippen LogP contribution in [0.3, 0.4) is 0 Å². The number of amides is 1. The Balaban J connectivity index is 2.12. The summed E-state index contributed by atoms with van der Waals surface area (Å²) in [6, 6.07) is 4.64. The van der Waals surface area contributed by atoms with Crippen LogP contribution in [0.25, 0.3) is 0 Å². The Bertz CT molecular complexity index is 528. The Labute approximate surface area is 133 Å². The summed E-state index contributed by atoms with van der Waals surface area (Å²) >= 11 is 0. The molecule has 0 aromatic heterocycles. The Morgan fingerprint density at radius 3 is 2.87 bits per heavy atom. The highest BCUT2D eigenvalue weighted by Crippen LogP contribution is 2.31. The minimum absolute atomic E-state index is 0.298. The average Bonchev–Trinajstić information content (AvgIpc) is 2.54. The Morgan fingerprint density at radius 1 is 1.48 bits per heavy atom. The van der Waals surface area contributed by atoms with E-state index in [-0.39, 0.29) is 5.91 Å². The monoisotopic (exact) mass is 330 g/mol. The second-order valence-electron chi connectivity index (χ2n) is 5.54. The van der Waals surface area contributed by atoms with Gasteiger partial charge in [-0.15, -0.1) is 0 Å². The molecule has 128 valence electrons. The summed E-state index contributed by atoms with van der Waals surface area (Å²) in [7, 11) is 0. The fourth-order valence-electron chi connectivity index (χ4n) is 2.54. The molecule has 1 fully saturated rings. The first-order chi connectivity index (χ1) is 10.9. The molecule has 2 atom stereocenters. The number of carbonyl (C=O) groups is 1. The van der Waals surface area contributed by atoms with Gasteiger partial charge >= 0.3 is 6.18 Å². The van der Waals surface area contributed by atoms with E-state index in [2.05, 4.69) is 10.6 Å². The van der Waals surface area contributed by atoms with E-state index in [9.17, 15) is 18.0 Å². The highest BCUT2D eigenvalue weighted by Gasteiger charge is 2.31.